The molecule has 0 bridgehead atoms. The van der Waals surface area contributed by atoms with E-state index in [4.69, 9.17) is 0 Å². The number of carbonyl (C=O) groups is 1. The summed E-state index contributed by atoms with van der Waals surface area (Å²) in [6.07, 6.45) is 5.69. The van der Waals surface area contributed by atoms with Gasteiger partial charge in [-0.2, -0.15) is 0 Å². The third kappa shape index (κ3) is 1.47. The maximum Gasteiger partial charge on any atom is 0.329 e. The van der Waals surface area contributed by atoms with Gasteiger partial charge in [-0.05, 0) is 6.42 Å². The molecule has 0 aliphatic carbocycles. The molecule has 0 saturated carbocycles. The normalized spacial score (nSPS) is 16.6. The highest BCUT2D eigenvalue weighted by atomic mass is 16.2. The van der Waals surface area contributed by atoms with Gasteiger partial charge in [0.25, 0.3) is 0 Å². The second-order valence-corrected chi connectivity index (χ2v) is 3.17. The smallest absolute Gasteiger partial charge is 0.320 e. The third-order valence-electron chi connectivity index (χ3n) is 2.15. The van der Waals surface area contributed by atoms with Crippen LogP contribution in [0.4, 0.5) is 4.79 Å². The molecule has 1 aromatic rings. The molecule has 4 heteroatoms. The van der Waals surface area contributed by atoms with Gasteiger partial charge in [0.15, 0.2) is 0 Å². The molecule has 1 saturated heterocycles. The predicted octanol–water partition coefficient (Wildman–Crippen LogP) is 1.11. The highest BCUT2D eigenvalue weighted by Gasteiger charge is 2.20. The number of rotatable bonds is 0. The summed E-state index contributed by atoms with van der Waals surface area (Å²) < 4.78 is 1.48. The van der Waals surface area contributed by atoms with Crippen molar-refractivity contribution in [2.24, 2.45) is 0 Å². The van der Waals surface area contributed by atoms with Gasteiger partial charge in [-0.15, -0.1) is 0 Å². The third-order valence-corrected chi connectivity index (χ3v) is 2.15. The molecule has 13 heavy (non-hydrogen) atoms. The van der Waals surface area contributed by atoms with Gasteiger partial charge in [-0.25, -0.2) is 9.78 Å². The lowest BCUT2D eigenvalue weighted by Gasteiger charge is -2.14. The Labute approximate surface area is 76.5 Å². The fraction of sp³-hybridized carbons (Fsp3) is 0.333. The molecule has 0 aromatic carbocycles. The molecule has 0 spiro atoms. The van der Waals surface area contributed by atoms with Crippen molar-refractivity contribution in [2.75, 3.05) is 13.1 Å². The van der Waals surface area contributed by atoms with Crippen LogP contribution in [0.2, 0.25) is 0 Å². The molecule has 68 valence electrons. The van der Waals surface area contributed by atoms with Crippen LogP contribution in [-0.2, 0) is 0 Å². The van der Waals surface area contributed by atoms with Crippen molar-refractivity contribution < 1.29 is 4.79 Å². The van der Waals surface area contributed by atoms with Gasteiger partial charge in [0, 0.05) is 25.5 Å². The topological polar surface area (TPSA) is 38.1 Å². The van der Waals surface area contributed by atoms with Gasteiger partial charge in [0.05, 0.1) is 0 Å². The zero-order valence-electron chi connectivity index (χ0n) is 7.31. The SMILES string of the molecule is C=C1CCN(C(=O)n2ccnc2)C1. The number of hydrogen-bond acceptors (Lipinski definition) is 2. The van der Waals surface area contributed by atoms with E-state index in [1.165, 1.54) is 10.9 Å². The van der Waals surface area contributed by atoms with Crippen molar-refractivity contribution in [1.29, 1.82) is 0 Å². The van der Waals surface area contributed by atoms with E-state index < -0.39 is 0 Å². The monoisotopic (exact) mass is 177 g/mol. The molecule has 2 heterocycles. The zero-order chi connectivity index (χ0) is 9.26. The van der Waals surface area contributed by atoms with Gasteiger partial charge in [-0.3, -0.25) is 4.57 Å². The number of nitrogens with zero attached hydrogens (tertiary/aromatic N) is 3. The number of carbonyl (C=O) groups excluding carboxylic acids is 1. The molecule has 0 N–H and O–H groups in total. The van der Waals surface area contributed by atoms with E-state index in [0.29, 0.717) is 6.54 Å². The lowest BCUT2D eigenvalue weighted by molar-refractivity contribution is 0.211. The van der Waals surface area contributed by atoms with Crippen LogP contribution < -0.4 is 0 Å². The number of likely N-dealkylation sites (tertiary alicyclic amines) is 1. The zero-order valence-corrected chi connectivity index (χ0v) is 7.31. The molecule has 0 radical (unpaired) electrons. The highest BCUT2D eigenvalue weighted by Crippen LogP contribution is 2.13. The molecule has 1 aliphatic heterocycles. The second kappa shape index (κ2) is 3.05. The van der Waals surface area contributed by atoms with Crippen LogP contribution in [0.15, 0.2) is 30.9 Å². The number of aromatic nitrogens is 2. The van der Waals surface area contributed by atoms with Crippen LogP contribution in [0.5, 0.6) is 0 Å². The van der Waals surface area contributed by atoms with Gasteiger partial charge in [-0.1, -0.05) is 12.2 Å². The number of hydrogen-bond donors (Lipinski definition) is 0. The minimum absolute atomic E-state index is 0.0175. The first-order valence-corrected chi connectivity index (χ1v) is 4.21. The van der Waals surface area contributed by atoms with Crippen LogP contribution in [0.1, 0.15) is 6.42 Å². The Balaban J connectivity index is 2.10. The summed E-state index contributed by atoms with van der Waals surface area (Å²) in [5, 5.41) is 0. The summed E-state index contributed by atoms with van der Waals surface area (Å²) in [6, 6.07) is -0.0175. The van der Waals surface area contributed by atoms with Crippen LogP contribution in [0.3, 0.4) is 0 Å². The first kappa shape index (κ1) is 8.04. The first-order valence-electron chi connectivity index (χ1n) is 4.21. The van der Waals surface area contributed by atoms with Gasteiger partial charge >= 0.3 is 6.03 Å². The van der Waals surface area contributed by atoms with Gasteiger partial charge in [0.1, 0.15) is 6.33 Å². The van der Waals surface area contributed by atoms with Crippen LogP contribution >= 0.6 is 0 Å². The molecular formula is C9H11N3O. The van der Waals surface area contributed by atoms with E-state index >= 15 is 0 Å². The second-order valence-electron chi connectivity index (χ2n) is 3.17. The number of amides is 1. The van der Waals surface area contributed by atoms with Crippen LogP contribution in [0.25, 0.3) is 0 Å². The Hall–Kier alpha value is -1.58. The molecule has 4 nitrogen and oxygen atoms in total. The molecule has 0 unspecified atom stereocenters. The van der Waals surface area contributed by atoms with E-state index in [2.05, 4.69) is 11.6 Å². The van der Waals surface area contributed by atoms with E-state index in [-0.39, 0.29) is 6.03 Å². The van der Waals surface area contributed by atoms with Crippen molar-refractivity contribution in [3.63, 3.8) is 0 Å². The van der Waals surface area contributed by atoms with E-state index in [9.17, 15) is 4.79 Å². The fourth-order valence-electron chi connectivity index (χ4n) is 1.42. The van der Waals surface area contributed by atoms with Gasteiger partial charge in [0.2, 0.25) is 0 Å². The van der Waals surface area contributed by atoms with E-state index in [1.54, 1.807) is 17.3 Å². The fourth-order valence-corrected chi connectivity index (χ4v) is 1.42. The Morgan fingerprint density at radius 2 is 2.46 bits per heavy atom. The largest absolute Gasteiger partial charge is 0.329 e. The van der Waals surface area contributed by atoms with Crippen molar-refractivity contribution in [1.82, 2.24) is 14.5 Å². The average molecular weight is 177 g/mol. The summed E-state index contributed by atoms with van der Waals surface area (Å²) in [5.74, 6) is 0. The van der Waals surface area contributed by atoms with E-state index in [0.717, 1.165) is 18.5 Å². The van der Waals surface area contributed by atoms with Gasteiger partial charge < -0.3 is 4.90 Å². The lowest BCUT2D eigenvalue weighted by atomic mass is 10.3. The Kier molecular flexibility index (Phi) is 1.88. The minimum atomic E-state index is -0.0175. The van der Waals surface area contributed by atoms with Crippen molar-refractivity contribution in [2.45, 2.75) is 6.42 Å². The summed E-state index contributed by atoms with van der Waals surface area (Å²) in [4.78, 5) is 17.3. The molecular weight excluding hydrogens is 166 g/mol. The maximum atomic E-state index is 11.7. The lowest BCUT2D eigenvalue weighted by Crippen LogP contribution is -2.31. The van der Waals surface area contributed by atoms with Crippen LogP contribution in [-0.4, -0.2) is 33.6 Å². The molecule has 2 rings (SSSR count). The molecule has 1 amide bonds. The van der Waals surface area contributed by atoms with Crippen LogP contribution in [0, 0.1) is 0 Å². The Morgan fingerprint density at radius 1 is 1.62 bits per heavy atom. The van der Waals surface area contributed by atoms with E-state index in [1.807, 2.05) is 0 Å². The standard InChI is InChI=1S/C9H11N3O/c1-8-2-4-11(6-8)9(13)12-5-3-10-7-12/h3,5,7H,1-2,4,6H2. The maximum absolute atomic E-state index is 11.7. The molecule has 1 fully saturated rings. The quantitative estimate of drug-likeness (QED) is 0.557. The van der Waals surface area contributed by atoms with Crippen molar-refractivity contribution in [3.05, 3.63) is 30.9 Å². The van der Waals surface area contributed by atoms with Crippen molar-refractivity contribution >= 4 is 6.03 Å². The summed E-state index contributed by atoms with van der Waals surface area (Å²) in [5.41, 5.74) is 1.12. The summed E-state index contributed by atoms with van der Waals surface area (Å²) in [7, 11) is 0. The average Bonchev–Trinajstić information content (AvgIpc) is 2.72. The molecule has 1 aromatic heterocycles. The molecule has 0 atom stereocenters. The minimum Gasteiger partial charge on any atom is -0.320 e. The predicted molar refractivity (Wildman–Crippen MR) is 48.4 cm³/mol. The first-order chi connectivity index (χ1) is 6.27. The highest BCUT2D eigenvalue weighted by molar-refractivity contribution is 5.77. The summed E-state index contributed by atoms with van der Waals surface area (Å²) in [6.45, 7) is 5.30. The Morgan fingerprint density at radius 3 is 3.00 bits per heavy atom. The molecule has 1 aliphatic rings. The summed E-state index contributed by atoms with van der Waals surface area (Å²) >= 11 is 0. The number of imidazole rings is 1. The Bertz CT molecular complexity index is 329. The van der Waals surface area contributed by atoms with Crippen molar-refractivity contribution in [3.8, 4) is 0 Å².